The SMILES string of the molecule is Cc1cc(/C=C2\SC(=O)N(Cc3ccc(Br)cc3)C2=O)c(C)n1-c1ccc(N2CCOCC2)c(Br)c1. The van der Waals surface area contributed by atoms with Gasteiger partial charge in [-0.1, -0.05) is 28.1 Å². The largest absolute Gasteiger partial charge is 0.378 e. The number of benzene rings is 2. The summed E-state index contributed by atoms with van der Waals surface area (Å²) in [5.74, 6) is -0.254. The van der Waals surface area contributed by atoms with E-state index in [1.807, 2.05) is 44.2 Å². The smallest absolute Gasteiger partial charge is 0.293 e. The van der Waals surface area contributed by atoms with Crippen molar-refractivity contribution in [1.29, 1.82) is 0 Å². The molecular weight excluding hydrogens is 606 g/mol. The van der Waals surface area contributed by atoms with Crippen LogP contribution in [0.2, 0.25) is 0 Å². The fraction of sp³-hybridized carbons (Fsp3) is 0.259. The first-order valence-electron chi connectivity index (χ1n) is 11.6. The molecule has 2 amide bonds. The Morgan fingerprint density at radius 3 is 2.42 bits per heavy atom. The van der Waals surface area contributed by atoms with E-state index in [1.165, 1.54) is 4.90 Å². The Balaban J connectivity index is 1.39. The lowest BCUT2D eigenvalue weighted by molar-refractivity contribution is -0.123. The van der Waals surface area contributed by atoms with E-state index >= 15 is 0 Å². The highest BCUT2D eigenvalue weighted by Crippen LogP contribution is 2.36. The number of carbonyl (C=O) groups excluding carboxylic acids is 2. The second-order valence-corrected chi connectivity index (χ2v) is 11.6. The molecule has 36 heavy (non-hydrogen) atoms. The van der Waals surface area contributed by atoms with Crippen molar-refractivity contribution in [2.45, 2.75) is 20.4 Å². The van der Waals surface area contributed by atoms with E-state index in [9.17, 15) is 9.59 Å². The number of morpholine rings is 1. The number of carbonyl (C=O) groups is 2. The number of aromatic nitrogens is 1. The van der Waals surface area contributed by atoms with E-state index < -0.39 is 0 Å². The minimum absolute atomic E-state index is 0.245. The number of amides is 2. The highest BCUT2D eigenvalue weighted by molar-refractivity contribution is 9.10. The Labute approximate surface area is 231 Å². The maximum atomic E-state index is 13.1. The molecule has 0 aliphatic carbocycles. The fourth-order valence-electron chi connectivity index (χ4n) is 4.58. The zero-order chi connectivity index (χ0) is 25.4. The predicted molar refractivity (Wildman–Crippen MR) is 152 cm³/mol. The Bertz CT molecular complexity index is 1360. The van der Waals surface area contributed by atoms with Crippen molar-refractivity contribution < 1.29 is 14.3 Å². The van der Waals surface area contributed by atoms with E-state index in [-0.39, 0.29) is 17.7 Å². The number of aryl methyl sites for hydroxylation is 1. The van der Waals surface area contributed by atoms with Crippen LogP contribution in [0.5, 0.6) is 0 Å². The van der Waals surface area contributed by atoms with Crippen molar-refractivity contribution in [3.63, 3.8) is 0 Å². The summed E-state index contributed by atoms with van der Waals surface area (Å²) in [5.41, 5.74) is 6.10. The van der Waals surface area contributed by atoms with Gasteiger partial charge in [-0.2, -0.15) is 0 Å². The van der Waals surface area contributed by atoms with Gasteiger partial charge in [-0.3, -0.25) is 14.5 Å². The molecule has 0 N–H and O–H groups in total. The van der Waals surface area contributed by atoms with Crippen LogP contribution < -0.4 is 4.90 Å². The summed E-state index contributed by atoms with van der Waals surface area (Å²) in [6.45, 7) is 7.57. The molecule has 1 aromatic heterocycles. The van der Waals surface area contributed by atoms with Crippen molar-refractivity contribution in [3.05, 3.63) is 84.9 Å². The first-order valence-corrected chi connectivity index (χ1v) is 14.0. The first-order chi connectivity index (χ1) is 17.3. The number of hydrogen-bond donors (Lipinski definition) is 0. The normalized spacial score (nSPS) is 17.5. The number of halogens is 2. The molecule has 3 aromatic rings. The molecule has 2 aliphatic rings. The van der Waals surface area contributed by atoms with Gasteiger partial charge in [0.1, 0.15) is 0 Å². The number of nitrogens with zero attached hydrogens (tertiary/aromatic N) is 3. The van der Waals surface area contributed by atoms with Crippen LogP contribution >= 0.6 is 43.6 Å². The third kappa shape index (κ3) is 5.07. The van der Waals surface area contributed by atoms with Gasteiger partial charge in [0.05, 0.1) is 30.4 Å². The molecule has 5 rings (SSSR count). The maximum Gasteiger partial charge on any atom is 0.293 e. The third-order valence-electron chi connectivity index (χ3n) is 6.43. The average molecular weight is 631 g/mol. The number of anilines is 1. The quantitative estimate of drug-likeness (QED) is 0.294. The predicted octanol–water partition coefficient (Wildman–Crippen LogP) is 6.69. The van der Waals surface area contributed by atoms with Crippen LogP contribution in [0, 0.1) is 13.8 Å². The van der Waals surface area contributed by atoms with E-state index in [4.69, 9.17) is 4.74 Å². The molecule has 2 aliphatic heterocycles. The average Bonchev–Trinajstić information content (AvgIpc) is 3.29. The first kappa shape index (κ1) is 25.3. The van der Waals surface area contributed by atoms with Crippen LogP contribution in [0.15, 0.2) is 62.4 Å². The molecule has 0 unspecified atom stereocenters. The molecule has 6 nitrogen and oxygen atoms in total. The number of rotatable bonds is 5. The summed E-state index contributed by atoms with van der Waals surface area (Å²) in [6.07, 6.45) is 1.84. The van der Waals surface area contributed by atoms with Crippen molar-refractivity contribution >= 4 is 66.5 Å². The van der Waals surface area contributed by atoms with Gasteiger partial charge in [0.25, 0.3) is 11.1 Å². The highest BCUT2D eigenvalue weighted by Gasteiger charge is 2.35. The van der Waals surface area contributed by atoms with Crippen LogP contribution in [-0.2, 0) is 16.1 Å². The Hall–Kier alpha value is -2.33. The summed E-state index contributed by atoms with van der Waals surface area (Å²) in [5, 5.41) is -0.245. The standard InChI is InChI=1S/C27H25Br2N3O3S/c1-17-13-20(14-25-26(33)31(27(34)36-25)16-19-3-5-21(28)6-4-19)18(2)32(17)22-7-8-24(23(29)15-22)30-9-11-35-12-10-30/h3-8,13-15H,9-12,16H2,1-2H3/b25-14-. The lowest BCUT2D eigenvalue weighted by atomic mass is 10.2. The van der Waals surface area contributed by atoms with Crippen molar-refractivity contribution in [1.82, 2.24) is 9.47 Å². The van der Waals surface area contributed by atoms with E-state index in [0.29, 0.717) is 4.91 Å². The molecule has 2 saturated heterocycles. The van der Waals surface area contributed by atoms with Crippen molar-refractivity contribution in [2.75, 3.05) is 31.2 Å². The molecule has 0 atom stereocenters. The topological polar surface area (TPSA) is 54.8 Å². The van der Waals surface area contributed by atoms with Gasteiger partial charge in [-0.25, -0.2) is 0 Å². The van der Waals surface area contributed by atoms with Gasteiger partial charge in [0, 0.05) is 39.1 Å². The number of ether oxygens (including phenoxy) is 1. The third-order valence-corrected chi connectivity index (χ3v) is 8.50. The Morgan fingerprint density at radius 2 is 1.72 bits per heavy atom. The molecule has 0 bridgehead atoms. The Kier molecular flexibility index (Phi) is 7.44. The molecule has 9 heteroatoms. The lowest BCUT2D eigenvalue weighted by Gasteiger charge is -2.30. The number of imide groups is 1. The summed E-state index contributed by atoms with van der Waals surface area (Å²) in [7, 11) is 0. The number of thioether (sulfide) groups is 1. The molecule has 0 spiro atoms. The van der Waals surface area contributed by atoms with Gasteiger partial charge >= 0.3 is 0 Å². The lowest BCUT2D eigenvalue weighted by Crippen LogP contribution is -2.36. The Morgan fingerprint density at radius 1 is 1.00 bits per heavy atom. The van der Waals surface area contributed by atoms with Gasteiger partial charge < -0.3 is 14.2 Å². The summed E-state index contributed by atoms with van der Waals surface area (Å²) >= 11 is 8.17. The molecule has 0 radical (unpaired) electrons. The van der Waals surface area contributed by atoms with Crippen LogP contribution in [0.4, 0.5) is 10.5 Å². The highest BCUT2D eigenvalue weighted by atomic mass is 79.9. The summed E-state index contributed by atoms with van der Waals surface area (Å²) < 4.78 is 9.64. The monoisotopic (exact) mass is 629 g/mol. The molecular formula is C27H25Br2N3O3S. The van der Waals surface area contributed by atoms with E-state index in [1.54, 1.807) is 0 Å². The molecule has 0 saturated carbocycles. The van der Waals surface area contributed by atoms with E-state index in [2.05, 4.69) is 65.6 Å². The van der Waals surface area contributed by atoms with Crippen molar-refractivity contribution in [3.8, 4) is 5.69 Å². The number of hydrogen-bond acceptors (Lipinski definition) is 5. The maximum absolute atomic E-state index is 13.1. The van der Waals surface area contributed by atoms with Gasteiger partial charge in [-0.15, -0.1) is 0 Å². The zero-order valence-electron chi connectivity index (χ0n) is 20.0. The van der Waals surface area contributed by atoms with Crippen LogP contribution in [0.1, 0.15) is 22.5 Å². The minimum Gasteiger partial charge on any atom is -0.378 e. The van der Waals surface area contributed by atoms with Crippen LogP contribution in [-0.4, -0.2) is 46.9 Å². The van der Waals surface area contributed by atoms with Crippen LogP contribution in [0.25, 0.3) is 11.8 Å². The second-order valence-electron chi connectivity index (χ2n) is 8.79. The second kappa shape index (κ2) is 10.6. The van der Waals surface area contributed by atoms with Gasteiger partial charge in [-0.05, 0) is 95.1 Å². The minimum atomic E-state index is -0.254. The molecule has 186 valence electrons. The van der Waals surface area contributed by atoms with Crippen molar-refractivity contribution in [2.24, 2.45) is 0 Å². The van der Waals surface area contributed by atoms with Gasteiger partial charge in [0.2, 0.25) is 0 Å². The summed E-state index contributed by atoms with van der Waals surface area (Å²) in [6, 6.07) is 16.1. The van der Waals surface area contributed by atoms with Gasteiger partial charge in [0.15, 0.2) is 0 Å². The molecule has 2 aromatic carbocycles. The fourth-order valence-corrected chi connectivity index (χ4v) is 6.29. The molecule has 2 fully saturated rings. The zero-order valence-corrected chi connectivity index (χ0v) is 24.0. The molecule has 3 heterocycles. The van der Waals surface area contributed by atoms with Crippen LogP contribution in [0.3, 0.4) is 0 Å². The summed E-state index contributed by atoms with van der Waals surface area (Å²) in [4.78, 5) is 29.8. The van der Waals surface area contributed by atoms with E-state index in [0.717, 1.165) is 80.9 Å².